The van der Waals surface area contributed by atoms with Crippen LogP contribution in [0.25, 0.3) is 0 Å². The normalized spacial score (nSPS) is 10.4. The Hall–Kier alpha value is -1.76. The van der Waals surface area contributed by atoms with Gasteiger partial charge in [-0.2, -0.15) is 0 Å². The van der Waals surface area contributed by atoms with Gasteiger partial charge in [-0.25, -0.2) is 0 Å². The number of aryl methyl sites for hydroxylation is 3. The molecule has 0 aliphatic heterocycles. The van der Waals surface area contributed by atoms with Gasteiger partial charge in [-0.3, -0.25) is 0 Å². The number of hydrogen-bond acceptors (Lipinski definition) is 1. The molecule has 94 valence electrons. The Morgan fingerprint density at radius 1 is 1.00 bits per heavy atom. The fourth-order valence-electron chi connectivity index (χ4n) is 2.24. The summed E-state index contributed by atoms with van der Waals surface area (Å²) in [6.45, 7) is 7.06. The van der Waals surface area contributed by atoms with Gasteiger partial charge in [0.1, 0.15) is 12.4 Å². The molecule has 0 radical (unpaired) electrons. The predicted molar refractivity (Wildman–Crippen MR) is 76.1 cm³/mol. The van der Waals surface area contributed by atoms with E-state index in [1.165, 1.54) is 22.3 Å². The number of ether oxygens (including phenoxy) is 1. The van der Waals surface area contributed by atoms with Crippen molar-refractivity contribution in [3.05, 3.63) is 64.7 Å². The molecular weight excluding hydrogens is 220 g/mol. The zero-order chi connectivity index (χ0) is 13.0. The predicted octanol–water partition coefficient (Wildman–Crippen LogP) is 4.44. The SMILES string of the molecule is CCc1cc(C)cc(C)c1OCc1ccccc1. The van der Waals surface area contributed by atoms with E-state index in [0.717, 1.165) is 12.2 Å². The van der Waals surface area contributed by atoms with E-state index in [1.807, 2.05) is 18.2 Å². The third kappa shape index (κ3) is 2.92. The van der Waals surface area contributed by atoms with Crippen molar-refractivity contribution in [2.24, 2.45) is 0 Å². The Morgan fingerprint density at radius 2 is 1.72 bits per heavy atom. The molecule has 2 aromatic carbocycles. The molecule has 0 heterocycles. The Bertz CT molecular complexity index is 515. The molecule has 0 fully saturated rings. The van der Waals surface area contributed by atoms with Crippen molar-refractivity contribution >= 4 is 0 Å². The molecule has 0 bridgehead atoms. The summed E-state index contributed by atoms with van der Waals surface area (Å²) in [6.07, 6.45) is 1.01. The van der Waals surface area contributed by atoms with Crippen molar-refractivity contribution in [2.45, 2.75) is 33.8 Å². The first-order chi connectivity index (χ1) is 8.70. The van der Waals surface area contributed by atoms with Gasteiger partial charge in [-0.05, 0) is 37.0 Å². The van der Waals surface area contributed by atoms with E-state index < -0.39 is 0 Å². The third-order valence-corrected chi connectivity index (χ3v) is 3.10. The molecule has 2 rings (SSSR count). The van der Waals surface area contributed by atoms with Crippen LogP contribution in [-0.4, -0.2) is 0 Å². The summed E-state index contributed by atoms with van der Waals surface area (Å²) in [5, 5.41) is 0. The molecule has 0 unspecified atom stereocenters. The summed E-state index contributed by atoms with van der Waals surface area (Å²) in [7, 11) is 0. The molecule has 0 aliphatic rings. The second kappa shape index (κ2) is 5.72. The largest absolute Gasteiger partial charge is 0.488 e. The number of hydrogen-bond donors (Lipinski definition) is 0. The monoisotopic (exact) mass is 240 g/mol. The van der Waals surface area contributed by atoms with Gasteiger partial charge >= 0.3 is 0 Å². The van der Waals surface area contributed by atoms with Crippen molar-refractivity contribution in [3.63, 3.8) is 0 Å². The van der Waals surface area contributed by atoms with Crippen molar-refractivity contribution in [3.8, 4) is 5.75 Å². The fourth-order valence-corrected chi connectivity index (χ4v) is 2.24. The fraction of sp³-hybridized carbons (Fsp3) is 0.294. The van der Waals surface area contributed by atoms with E-state index >= 15 is 0 Å². The zero-order valence-electron chi connectivity index (χ0n) is 11.4. The topological polar surface area (TPSA) is 9.23 Å². The van der Waals surface area contributed by atoms with E-state index in [0.29, 0.717) is 6.61 Å². The summed E-state index contributed by atoms with van der Waals surface area (Å²) in [6, 6.07) is 14.7. The molecule has 2 aromatic rings. The minimum Gasteiger partial charge on any atom is -0.488 e. The van der Waals surface area contributed by atoms with Crippen LogP contribution < -0.4 is 4.74 Å². The highest BCUT2D eigenvalue weighted by molar-refractivity contribution is 5.44. The van der Waals surface area contributed by atoms with Crippen molar-refractivity contribution < 1.29 is 4.74 Å². The van der Waals surface area contributed by atoms with Crippen LogP contribution >= 0.6 is 0 Å². The smallest absolute Gasteiger partial charge is 0.125 e. The molecule has 0 spiro atoms. The third-order valence-electron chi connectivity index (χ3n) is 3.10. The van der Waals surface area contributed by atoms with Gasteiger partial charge < -0.3 is 4.74 Å². The quantitative estimate of drug-likeness (QED) is 0.767. The molecular formula is C17H20O. The Kier molecular flexibility index (Phi) is 4.03. The van der Waals surface area contributed by atoms with Crippen molar-refractivity contribution in [1.82, 2.24) is 0 Å². The van der Waals surface area contributed by atoms with Gasteiger partial charge in [0, 0.05) is 0 Å². The molecule has 1 heteroatoms. The first-order valence-electron chi connectivity index (χ1n) is 6.47. The summed E-state index contributed by atoms with van der Waals surface area (Å²) in [5.74, 6) is 1.05. The summed E-state index contributed by atoms with van der Waals surface area (Å²) >= 11 is 0. The maximum atomic E-state index is 6.00. The minimum absolute atomic E-state index is 0.637. The van der Waals surface area contributed by atoms with E-state index in [-0.39, 0.29) is 0 Å². The van der Waals surface area contributed by atoms with Crippen LogP contribution in [0.2, 0.25) is 0 Å². The van der Waals surface area contributed by atoms with Crippen LogP contribution in [0, 0.1) is 13.8 Å². The Morgan fingerprint density at radius 3 is 2.39 bits per heavy atom. The molecule has 0 aromatic heterocycles. The molecule has 18 heavy (non-hydrogen) atoms. The summed E-state index contributed by atoms with van der Waals surface area (Å²) in [4.78, 5) is 0. The van der Waals surface area contributed by atoms with E-state index in [9.17, 15) is 0 Å². The second-order valence-corrected chi connectivity index (χ2v) is 4.70. The van der Waals surface area contributed by atoms with Crippen LogP contribution in [0.4, 0.5) is 0 Å². The van der Waals surface area contributed by atoms with Crippen LogP contribution in [0.1, 0.15) is 29.2 Å². The van der Waals surface area contributed by atoms with Crippen LogP contribution in [0.15, 0.2) is 42.5 Å². The van der Waals surface area contributed by atoms with Crippen LogP contribution in [0.5, 0.6) is 5.75 Å². The molecule has 0 aliphatic carbocycles. The van der Waals surface area contributed by atoms with Gasteiger partial charge in [0.05, 0.1) is 0 Å². The Labute approximate surface area is 109 Å². The lowest BCUT2D eigenvalue weighted by atomic mass is 10.0. The highest BCUT2D eigenvalue weighted by Crippen LogP contribution is 2.26. The average molecular weight is 240 g/mol. The molecule has 0 saturated carbocycles. The Balaban J connectivity index is 2.19. The number of rotatable bonds is 4. The van der Waals surface area contributed by atoms with E-state index in [1.54, 1.807) is 0 Å². The van der Waals surface area contributed by atoms with E-state index in [4.69, 9.17) is 4.74 Å². The van der Waals surface area contributed by atoms with Gasteiger partial charge in [0.25, 0.3) is 0 Å². The molecule has 0 saturated heterocycles. The summed E-state index contributed by atoms with van der Waals surface area (Å²) in [5.41, 5.74) is 5.03. The highest BCUT2D eigenvalue weighted by Gasteiger charge is 2.07. The zero-order valence-corrected chi connectivity index (χ0v) is 11.4. The first kappa shape index (κ1) is 12.7. The van der Waals surface area contributed by atoms with Gasteiger partial charge in [0.2, 0.25) is 0 Å². The molecule has 0 atom stereocenters. The lowest BCUT2D eigenvalue weighted by Crippen LogP contribution is -2.00. The standard InChI is InChI=1S/C17H20O/c1-4-16-11-13(2)10-14(3)17(16)18-12-15-8-6-5-7-9-15/h5-11H,4,12H2,1-3H3. The lowest BCUT2D eigenvalue weighted by molar-refractivity contribution is 0.301. The minimum atomic E-state index is 0.637. The van der Waals surface area contributed by atoms with Crippen LogP contribution in [-0.2, 0) is 13.0 Å². The maximum absolute atomic E-state index is 6.00. The van der Waals surface area contributed by atoms with Crippen molar-refractivity contribution in [1.29, 1.82) is 0 Å². The van der Waals surface area contributed by atoms with Gasteiger partial charge in [0.15, 0.2) is 0 Å². The van der Waals surface area contributed by atoms with Crippen LogP contribution in [0.3, 0.4) is 0 Å². The molecule has 0 amide bonds. The first-order valence-corrected chi connectivity index (χ1v) is 6.47. The summed E-state index contributed by atoms with van der Waals surface area (Å²) < 4.78 is 6.00. The van der Waals surface area contributed by atoms with Gasteiger partial charge in [-0.15, -0.1) is 0 Å². The molecule has 0 N–H and O–H groups in total. The van der Waals surface area contributed by atoms with Crippen molar-refractivity contribution in [2.75, 3.05) is 0 Å². The lowest BCUT2D eigenvalue weighted by Gasteiger charge is -2.14. The van der Waals surface area contributed by atoms with E-state index in [2.05, 4.69) is 45.0 Å². The second-order valence-electron chi connectivity index (χ2n) is 4.70. The highest BCUT2D eigenvalue weighted by atomic mass is 16.5. The van der Waals surface area contributed by atoms with Gasteiger partial charge in [-0.1, -0.05) is 55.0 Å². The average Bonchev–Trinajstić information content (AvgIpc) is 2.38. The maximum Gasteiger partial charge on any atom is 0.125 e. The number of benzene rings is 2. The molecule has 1 nitrogen and oxygen atoms in total.